The number of carbonyl (C=O) groups is 1. The normalized spacial score (nSPS) is 16.6. The summed E-state index contributed by atoms with van der Waals surface area (Å²) in [5, 5.41) is 9.12. The third-order valence-corrected chi connectivity index (χ3v) is 7.06. The maximum absolute atomic E-state index is 12.8. The second-order valence-electron chi connectivity index (χ2n) is 5.86. The summed E-state index contributed by atoms with van der Waals surface area (Å²) in [6, 6.07) is 4.03. The minimum Gasteiger partial charge on any atom is -0.611 e. The minimum atomic E-state index is -3.66. The number of amides is 1. The lowest BCUT2D eigenvalue weighted by molar-refractivity contribution is 0.0976. The molecule has 1 saturated carbocycles. The Balaban J connectivity index is 0.00000312. The van der Waals surface area contributed by atoms with Gasteiger partial charge in [-0.2, -0.15) is 0 Å². The molecule has 1 aliphatic rings. The van der Waals surface area contributed by atoms with E-state index in [2.05, 4.69) is 5.32 Å². The van der Waals surface area contributed by atoms with Crippen molar-refractivity contribution in [1.82, 2.24) is 5.32 Å². The summed E-state index contributed by atoms with van der Waals surface area (Å²) < 4.78 is 37.0. The summed E-state index contributed by atoms with van der Waals surface area (Å²) in [7, 11) is -3.66. The molecule has 25 heavy (non-hydrogen) atoms. The molecule has 1 aliphatic carbocycles. The number of hydrogen-bond donors (Lipinski definition) is 3. The number of sulfone groups is 1. The van der Waals surface area contributed by atoms with E-state index in [1.807, 2.05) is 0 Å². The summed E-state index contributed by atoms with van der Waals surface area (Å²) in [6.07, 6.45) is 5.73. The number of hydrogen-bond acceptors (Lipinski definition) is 5. The van der Waals surface area contributed by atoms with Crippen LogP contribution in [0.4, 0.5) is 0 Å². The van der Waals surface area contributed by atoms with Gasteiger partial charge in [0, 0.05) is 11.8 Å². The van der Waals surface area contributed by atoms with Gasteiger partial charge in [0.15, 0.2) is 20.7 Å². The zero-order valence-corrected chi connectivity index (χ0v) is 16.2. The van der Waals surface area contributed by atoms with Gasteiger partial charge in [0.2, 0.25) is 0 Å². The van der Waals surface area contributed by atoms with E-state index in [1.54, 1.807) is 0 Å². The molecule has 0 heterocycles. The molecule has 2 rings (SSSR count). The SMILES string of the molecule is CS(=O)(=O)c1cc(C(=O)NC(=N)N)ccc1[S+]([O-])C1CCCCC1.Cl. The highest BCUT2D eigenvalue weighted by Crippen LogP contribution is 2.32. The Morgan fingerprint density at radius 1 is 1.32 bits per heavy atom. The van der Waals surface area contributed by atoms with Crippen LogP contribution in [0.15, 0.2) is 28.0 Å². The van der Waals surface area contributed by atoms with Crippen LogP contribution < -0.4 is 11.1 Å². The van der Waals surface area contributed by atoms with Gasteiger partial charge in [-0.05, 0) is 55.1 Å². The lowest BCUT2D eigenvalue weighted by Gasteiger charge is -2.25. The predicted molar refractivity (Wildman–Crippen MR) is 99.5 cm³/mol. The molecule has 1 aromatic rings. The molecule has 140 valence electrons. The molecule has 1 aromatic carbocycles. The number of halogens is 1. The van der Waals surface area contributed by atoms with Crippen LogP contribution in [0.2, 0.25) is 0 Å². The Morgan fingerprint density at radius 2 is 1.92 bits per heavy atom. The van der Waals surface area contributed by atoms with Gasteiger partial charge in [-0.1, -0.05) is 6.42 Å². The van der Waals surface area contributed by atoms with E-state index in [0.29, 0.717) is 0 Å². The molecule has 7 nitrogen and oxygen atoms in total. The summed E-state index contributed by atoms with van der Waals surface area (Å²) in [4.78, 5) is 12.0. The molecule has 0 saturated heterocycles. The smallest absolute Gasteiger partial charge is 0.257 e. The van der Waals surface area contributed by atoms with Crippen molar-refractivity contribution in [3.63, 3.8) is 0 Å². The minimum absolute atomic E-state index is 0. The number of carbonyl (C=O) groups excluding carboxylic acids is 1. The number of guanidine groups is 1. The molecule has 1 amide bonds. The van der Waals surface area contributed by atoms with Gasteiger partial charge < -0.3 is 10.3 Å². The fraction of sp³-hybridized carbons (Fsp3) is 0.467. The van der Waals surface area contributed by atoms with Crippen LogP contribution in [0.3, 0.4) is 0 Å². The van der Waals surface area contributed by atoms with E-state index < -0.39 is 32.9 Å². The molecular formula is C15H22ClN3O4S2. The first-order chi connectivity index (χ1) is 11.2. The van der Waals surface area contributed by atoms with Crippen LogP contribution in [-0.2, 0) is 21.0 Å². The van der Waals surface area contributed by atoms with E-state index in [4.69, 9.17) is 11.1 Å². The van der Waals surface area contributed by atoms with Crippen LogP contribution in [-0.4, -0.2) is 36.3 Å². The van der Waals surface area contributed by atoms with Crippen LogP contribution in [0.25, 0.3) is 0 Å². The van der Waals surface area contributed by atoms with E-state index >= 15 is 0 Å². The van der Waals surface area contributed by atoms with Gasteiger partial charge >= 0.3 is 0 Å². The van der Waals surface area contributed by atoms with Gasteiger partial charge in [-0.25, -0.2) is 8.42 Å². The summed E-state index contributed by atoms with van der Waals surface area (Å²) in [6.45, 7) is 0. The number of rotatable bonds is 4. The quantitative estimate of drug-likeness (QED) is 0.395. The zero-order valence-electron chi connectivity index (χ0n) is 13.8. The number of nitrogens with one attached hydrogen (secondary N) is 2. The molecule has 0 aromatic heterocycles. The van der Waals surface area contributed by atoms with Gasteiger partial charge in [-0.15, -0.1) is 12.4 Å². The first-order valence-corrected chi connectivity index (χ1v) is 10.7. The summed E-state index contributed by atoms with van der Waals surface area (Å²) >= 11 is -1.44. The van der Waals surface area contributed by atoms with Crippen LogP contribution in [0.5, 0.6) is 0 Å². The number of benzene rings is 1. The highest BCUT2D eigenvalue weighted by molar-refractivity contribution is 7.94. The van der Waals surface area contributed by atoms with Crippen molar-refractivity contribution in [3.05, 3.63) is 23.8 Å². The van der Waals surface area contributed by atoms with Crippen LogP contribution in [0.1, 0.15) is 42.5 Å². The molecule has 1 fully saturated rings. The van der Waals surface area contributed by atoms with E-state index in [1.165, 1.54) is 18.2 Å². The van der Waals surface area contributed by atoms with Gasteiger partial charge in [0.05, 0.1) is 0 Å². The fourth-order valence-corrected chi connectivity index (χ4v) is 5.81. The third kappa shape index (κ3) is 5.60. The lowest BCUT2D eigenvalue weighted by Crippen LogP contribution is -2.35. The van der Waals surface area contributed by atoms with E-state index in [0.717, 1.165) is 38.4 Å². The second-order valence-corrected chi connectivity index (χ2v) is 9.54. The molecule has 1 atom stereocenters. The standard InChI is InChI=1S/C15H21N3O4S2.ClH/c1-24(21,22)13-9-10(14(19)18-15(16)17)7-8-12(13)23(20)11-5-3-2-4-6-11;/h7-9,11H,2-6H2,1H3,(H4,16,17,18,19);1H. The Kier molecular flexibility index (Phi) is 7.73. The van der Waals surface area contributed by atoms with Crippen molar-refractivity contribution in [2.45, 2.75) is 47.1 Å². The Morgan fingerprint density at radius 3 is 2.44 bits per heavy atom. The maximum Gasteiger partial charge on any atom is 0.257 e. The molecule has 0 bridgehead atoms. The molecule has 4 N–H and O–H groups in total. The average Bonchev–Trinajstić information content (AvgIpc) is 2.53. The third-order valence-electron chi connectivity index (χ3n) is 3.93. The van der Waals surface area contributed by atoms with Gasteiger partial charge in [-0.3, -0.25) is 15.5 Å². The van der Waals surface area contributed by atoms with Crippen molar-refractivity contribution < 1.29 is 17.8 Å². The Labute approximate surface area is 156 Å². The molecule has 0 radical (unpaired) electrons. The first kappa shape index (κ1) is 21.8. The predicted octanol–water partition coefficient (Wildman–Crippen LogP) is 1.58. The van der Waals surface area contributed by atoms with Crippen molar-refractivity contribution >= 4 is 45.3 Å². The van der Waals surface area contributed by atoms with Crippen molar-refractivity contribution in [2.75, 3.05) is 6.26 Å². The highest BCUT2D eigenvalue weighted by atomic mass is 35.5. The van der Waals surface area contributed by atoms with Gasteiger partial charge in [0.25, 0.3) is 5.91 Å². The molecule has 0 aliphatic heterocycles. The van der Waals surface area contributed by atoms with Crippen molar-refractivity contribution in [1.29, 1.82) is 5.41 Å². The molecular weight excluding hydrogens is 386 g/mol. The van der Waals surface area contributed by atoms with Gasteiger partial charge in [0.1, 0.15) is 10.1 Å². The first-order valence-electron chi connectivity index (χ1n) is 7.60. The maximum atomic E-state index is 12.8. The van der Waals surface area contributed by atoms with Crippen molar-refractivity contribution in [3.8, 4) is 0 Å². The van der Waals surface area contributed by atoms with E-state index in [-0.39, 0.29) is 33.0 Å². The largest absolute Gasteiger partial charge is 0.611 e. The Bertz CT molecular complexity index is 749. The monoisotopic (exact) mass is 407 g/mol. The average molecular weight is 408 g/mol. The van der Waals surface area contributed by atoms with Crippen molar-refractivity contribution in [2.24, 2.45) is 5.73 Å². The highest BCUT2D eigenvalue weighted by Gasteiger charge is 2.31. The lowest BCUT2D eigenvalue weighted by atomic mass is 10.0. The number of nitrogens with two attached hydrogens (primary N) is 1. The topological polar surface area (TPSA) is 136 Å². The van der Waals surface area contributed by atoms with E-state index in [9.17, 15) is 17.8 Å². The van der Waals surface area contributed by atoms with Crippen LogP contribution >= 0.6 is 12.4 Å². The summed E-state index contributed by atoms with van der Waals surface area (Å²) in [5.74, 6) is -1.21. The molecule has 0 spiro atoms. The zero-order chi connectivity index (χ0) is 17.9. The molecule has 1 unspecified atom stereocenters. The Hall–Kier alpha value is -1.29. The van der Waals surface area contributed by atoms with Crippen LogP contribution in [0, 0.1) is 5.41 Å². The summed E-state index contributed by atoms with van der Waals surface area (Å²) in [5.41, 5.74) is 5.17. The fourth-order valence-electron chi connectivity index (χ4n) is 2.76. The second kappa shape index (κ2) is 8.88. The molecule has 10 heteroatoms.